The van der Waals surface area contributed by atoms with Crippen LogP contribution in [-0.2, 0) is 14.4 Å². The van der Waals surface area contributed by atoms with Crippen LogP contribution in [0.3, 0.4) is 0 Å². The molecule has 0 spiro atoms. The van der Waals surface area contributed by atoms with Crippen LogP contribution in [-0.4, -0.2) is 36.2 Å². The number of amides is 1. The van der Waals surface area contributed by atoms with Crippen molar-refractivity contribution in [1.82, 2.24) is 4.90 Å². The minimum absolute atomic E-state index is 0.165. The molecule has 3 atom stereocenters. The molecule has 1 saturated heterocycles. The van der Waals surface area contributed by atoms with Crippen molar-refractivity contribution in [3.63, 3.8) is 0 Å². The van der Waals surface area contributed by atoms with Gasteiger partial charge in [-0.25, -0.2) is 0 Å². The number of nitrogens with zero attached hydrogens (tertiary/aromatic N) is 1. The van der Waals surface area contributed by atoms with Crippen molar-refractivity contribution < 1.29 is 19.5 Å². The summed E-state index contributed by atoms with van der Waals surface area (Å²) in [4.78, 5) is 35.9. The number of fused-ring (bicyclic) bond motifs is 2. The first-order valence-corrected chi connectivity index (χ1v) is 6.57. The lowest BCUT2D eigenvalue weighted by atomic mass is 9.52. The number of hydrogen-bond donors (Lipinski definition) is 0. The van der Waals surface area contributed by atoms with Crippen LogP contribution < -0.4 is 5.11 Å². The normalized spacial score (nSPS) is 42.1. The van der Waals surface area contributed by atoms with Crippen molar-refractivity contribution in [2.45, 2.75) is 40.0 Å². The van der Waals surface area contributed by atoms with Crippen LogP contribution in [0, 0.1) is 16.2 Å². The summed E-state index contributed by atoms with van der Waals surface area (Å²) in [6.45, 7) is 5.79. The van der Waals surface area contributed by atoms with Crippen molar-refractivity contribution in [3.05, 3.63) is 0 Å². The quantitative estimate of drug-likeness (QED) is 0.673. The number of carboxylic acids is 1. The highest BCUT2D eigenvalue weighted by Crippen LogP contribution is 2.57. The second-order valence-corrected chi connectivity index (χ2v) is 7.21. The molecule has 5 heteroatoms. The molecule has 0 radical (unpaired) electrons. The molecule has 2 rings (SSSR count). The number of carbonyl (C=O) groups excluding carboxylic acids is 3. The molecule has 106 valence electrons. The van der Waals surface area contributed by atoms with E-state index in [0.717, 1.165) is 6.29 Å². The summed E-state index contributed by atoms with van der Waals surface area (Å²) in [6, 6.07) is 0. The molecule has 1 heterocycles. The molecular formula is C14H20NO4-. The average Bonchev–Trinajstić information content (AvgIpc) is 2.23. The summed E-state index contributed by atoms with van der Waals surface area (Å²) in [7, 11) is 0. The Morgan fingerprint density at radius 1 is 1.32 bits per heavy atom. The summed E-state index contributed by atoms with van der Waals surface area (Å²) < 4.78 is 0. The van der Waals surface area contributed by atoms with E-state index in [1.165, 1.54) is 4.90 Å². The summed E-state index contributed by atoms with van der Waals surface area (Å²) in [5.41, 5.74) is -1.34. The molecular weight excluding hydrogens is 246 g/mol. The fourth-order valence-electron chi connectivity index (χ4n) is 4.54. The summed E-state index contributed by atoms with van der Waals surface area (Å²) >= 11 is 0. The SMILES string of the molecule is C[C@]1(C=O)C[C@@]2(C)CN(CC(=O)[O-])C(=O)[C@@](C)(C1)C2. The zero-order valence-electron chi connectivity index (χ0n) is 11.7. The molecule has 0 N–H and O–H groups in total. The molecule has 0 aromatic heterocycles. The fourth-order valence-corrected chi connectivity index (χ4v) is 4.54. The average molecular weight is 266 g/mol. The fraction of sp³-hybridized carbons (Fsp3) is 0.786. The van der Waals surface area contributed by atoms with E-state index < -0.39 is 16.8 Å². The van der Waals surface area contributed by atoms with Gasteiger partial charge in [-0.1, -0.05) is 20.8 Å². The highest BCUT2D eigenvalue weighted by molar-refractivity contribution is 5.87. The Labute approximate surface area is 113 Å². The van der Waals surface area contributed by atoms with E-state index >= 15 is 0 Å². The van der Waals surface area contributed by atoms with Gasteiger partial charge in [-0.15, -0.1) is 0 Å². The molecule has 0 aromatic carbocycles. The number of likely N-dealkylation sites (tertiary alicyclic amines) is 1. The standard InChI is InChI=1S/C14H21NO4/c1-12-5-13(2,9-16)7-14(3,6-12)11(19)15(8-12)4-10(17)18/h9H,4-8H2,1-3H3,(H,17,18)/p-1/t12-,13+,14-/m1/s1. The third-order valence-electron chi connectivity index (χ3n) is 4.42. The molecule has 0 unspecified atom stereocenters. The Balaban J connectivity index is 2.34. The maximum atomic E-state index is 12.5. The van der Waals surface area contributed by atoms with Crippen LogP contribution in [0.5, 0.6) is 0 Å². The van der Waals surface area contributed by atoms with Gasteiger partial charge in [0.1, 0.15) is 6.29 Å². The van der Waals surface area contributed by atoms with Gasteiger partial charge in [-0.3, -0.25) is 4.79 Å². The van der Waals surface area contributed by atoms with Crippen molar-refractivity contribution in [1.29, 1.82) is 0 Å². The van der Waals surface area contributed by atoms with Crippen LogP contribution in [0.15, 0.2) is 0 Å². The third-order valence-corrected chi connectivity index (χ3v) is 4.42. The molecule has 1 saturated carbocycles. The van der Waals surface area contributed by atoms with Crippen LogP contribution in [0.2, 0.25) is 0 Å². The molecule has 19 heavy (non-hydrogen) atoms. The smallest absolute Gasteiger partial charge is 0.228 e. The Hall–Kier alpha value is -1.39. The van der Waals surface area contributed by atoms with Crippen molar-refractivity contribution in [2.24, 2.45) is 16.2 Å². The first kappa shape index (κ1) is 14.0. The van der Waals surface area contributed by atoms with Crippen LogP contribution >= 0.6 is 0 Å². The molecule has 0 aromatic rings. The van der Waals surface area contributed by atoms with Crippen LogP contribution in [0.1, 0.15) is 40.0 Å². The number of rotatable bonds is 3. The van der Waals surface area contributed by atoms with Gasteiger partial charge in [0.05, 0.1) is 12.5 Å². The van der Waals surface area contributed by atoms with Crippen LogP contribution in [0.4, 0.5) is 0 Å². The van der Waals surface area contributed by atoms with Gasteiger partial charge >= 0.3 is 0 Å². The Morgan fingerprint density at radius 3 is 2.47 bits per heavy atom. The van der Waals surface area contributed by atoms with Gasteiger partial charge in [0.2, 0.25) is 5.91 Å². The minimum Gasteiger partial charge on any atom is -0.548 e. The second-order valence-electron chi connectivity index (χ2n) is 7.21. The van der Waals surface area contributed by atoms with Gasteiger partial charge in [0.25, 0.3) is 0 Å². The molecule has 5 nitrogen and oxygen atoms in total. The highest BCUT2D eigenvalue weighted by atomic mass is 16.4. The number of piperidine rings is 1. The molecule has 2 aliphatic rings. The first-order valence-electron chi connectivity index (χ1n) is 6.57. The number of hydrogen-bond acceptors (Lipinski definition) is 4. The molecule has 1 aliphatic heterocycles. The molecule has 2 bridgehead atoms. The van der Waals surface area contributed by atoms with E-state index in [1.54, 1.807) is 0 Å². The first-order chi connectivity index (χ1) is 8.61. The summed E-state index contributed by atoms with van der Waals surface area (Å²) in [5, 5.41) is 10.8. The van der Waals surface area contributed by atoms with E-state index in [9.17, 15) is 19.5 Å². The van der Waals surface area contributed by atoms with Crippen molar-refractivity contribution in [2.75, 3.05) is 13.1 Å². The minimum atomic E-state index is -1.24. The van der Waals surface area contributed by atoms with Crippen LogP contribution in [0.25, 0.3) is 0 Å². The lowest BCUT2D eigenvalue weighted by Gasteiger charge is -2.57. The lowest BCUT2D eigenvalue weighted by molar-refractivity contribution is -0.306. The lowest BCUT2D eigenvalue weighted by Crippen LogP contribution is -2.61. The Bertz CT molecular complexity index is 445. The van der Waals surface area contributed by atoms with E-state index in [4.69, 9.17) is 0 Å². The predicted molar refractivity (Wildman–Crippen MR) is 65.8 cm³/mol. The van der Waals surface area contributed by atoms with Crippen molar-refractivity contribution in [3.8, 4) is 0 Å². The molecule has 1 aliphatic carbocycles. The zero-order valence-corrected chi connectivity index (χ0v) is 11.7. The van der Waals surface area contributed by atoms with Gasteiger partial charge in [-0.05, 0) is 24.7 Å². The number of aliphatic carboxylic acids is 1. The van der Waals surface area contributed by atoms with Gasteiger partial charge < -0.3 is 19.6 Å². The van der Waals surface area contributed by atoms with E-state index in [-0.39, 0.29) is 17.9 Å². The van der Waals surface area contributed by atoms with Gasteiger partial charge in [-0.2, -0.15) is 0 Å². The predicted octanol–water partition coefficient (Wildman–Crippen LogP) is -0.0198. The largest absolute Gasteiger partial charge is 0.548 e. The third kappa shape index (κ3) is 2.38. The molecule has 1 amide bonds. The van der Waals surface area contributed by atoms with Crippen molar-refractivity contribution >= 4 is 18.2 Å². The maximum Gasteiger partial charge on any atom is 0.228 e. The van der Waals surface area contributed by atoms with Gasteiger partial charge in [0, 0.05) is 17.4 Å². The van der Waals surface area contributed by atoms with E-state index in [2.05, 4.69) is 0 Å². The Kier molecular flexibility index (Phi) is 2.99. The highest BCUT2D eigenvalue weighted by Gasteiger charge is 2.57. The molecule has 2 fully saturated rings. The second kappa shape index (κ2) is 4.05. The van der Waals surface area contributed by atoms with Gasteiger partial charge in [0.15, 0.2) is 0 Å². The van der Waals surface area contributed by atoms with E-state index in [1.807, 2.05) is 20.8 Å². The number of aldehydes is 1. The topological polar surface area (TPSA) is 77.5 Å². The number of carboxylic acid groups (broad SMARTS) is 1. The maximum absolute atomic E-state index is 12.5. The monoisotopic (exact) mass is 266 g/mol. The summed E-state index contributed by atoms with van der Waals surface area (Å²) in [6.07, 6.45) is 2.84. The Morgan fingerprint density at radius 2 is 1.95 bits per heavy atom. The summed E-state index contributed by atoms with van der Waals surface area (Å²) in [5.74, 6) is -1.40. The zero-order chi connectivity index (χ0) is 14.5. The van der Waals surface area contributed by atoms with E-state index in [0.29, 0.717) is 25.8 Å². The number of carbonyl (C=O) groups is 3.